The third-order valence-electron chi connectivity index (χ3n) is 4.79. The van der Waals surface area contributed by atoms with E-state index in [1.165, 1.54) is 0 Å². The number of aliphatic hydroxyl groups excluding tert-OH is 1. The van der Waals surface area contributed by atoms with Crippen LogP contribution in [0.1, 0.15) is 24.3 Å². The first-order valence-electron chi connectivity index (χ1n) is 8.78. The largest absolute Gasteiger partial charge is 0.391 e. The van der Waals surface area contributed by atoms with Crippen molar-refractivity contribution in [1.29, 1.82) is 0 Å². The van der Waals surface area contributed by atoms with Crippen LogP contribution in [0.4, 0.5) is 0 Å². The van der Waals surface area contributed by atoms with Gasteiger partial charge in [-0.1, -0.05) is 36.3 Å². The lowest BCUT2D eigenvalue weighted by Gasteiger charge is -2.13. The van der Waals surface area contributed by atoms with Crippen LogP contribution in [0.2, 0.25) is 0 Å². The van der Waals surface area contributed by atoms with Gasteiger partial charge in [0.1, 0.15) is 0 Å². The maximum Gasteiger partial charge on any atom is 0.240 e. The van der Waals surface area contributed by atoms with Crippen molar-refractivity contribution in [2.45, 2.75) is 32.4 Å². The minimum atomic E-state index is -0.359. The number of rotatable bonds is 5. The fourth-order valence-corrected chi connectivity index (χ4v) is 3.45. The van der Waals surface area contributed by atoms with Gasteiger partial charge >= 0.3 is 0 Å². The number of likely N-dealkylation sites (tertiary alicyclic amines) is 1. The van der Waals surface area contributed by atoms with Crippen molar-refractivity contribution in [2.24, 2.45) is 5.92 Å². The Morgan fingerprint density at radius 1 is 1.16 bits per heavy atom. The van der Waals surface area contributed by atoms with E-state index in [1.54, 1.807) is 0 Å². The maximum atomic E-state index is 10.4. The number of benzene rings is 1. The highest BCUT2D eigenvalue weighted by atomic mass is 16.5. The lowest BCUT2D eigenvalue weighted by molar-refractivity contribution is 0.139. The molecule has 2 aromatic heterocycles. The molecular formula is C19H22N4O2. The molecule has 3 heterocycles. The Morgan fingerprint density at radius 3 is 2.88 bits per heavy atom. The molecule has 1 fully saturated rings. The second kappa shape index (κ2) is 6.90. The summed E-state index contributed by atoms with van der Waals surface area (Å²) < 4.78 is 5.26. The Morgan fingerprint density at radius 2 is 2.04 bits per heavy atom. The Bertz CT molecular complexity index is 863. The molecule has 25 heavy (non-hydrogen) atoms. The fourth-order valence-electron chi connectivity index (χ4n) is 3.45. The van der Waals surface area contributed by atoms with Crippen LogP contribution in [0, 0.1) is 5.92 Å². The number of nitrogens with zero attached hydrogens (tertiary/aromatic N) is 4. The first-order chi connectivity index (χ1) is 12.2. The van der Waals surface area contributed by atoms with Crippen LogP contribution in [0.25, 0.3) is 10.9 Å². The third kappa shape index (κ3) is 3.55. The van der Waals surface area contributed by atoms with Crippen molar-refractivity contribution in [2.75, 3.05) is 13.1 Å². The van der Waals surface area contributed by atoms with Crippen LogP contribution < -0.4 is 0 Å². The van der Waals surface area contributed by atoms with Crippen LogP contribution in [-0.2, 0) is 19.4 Å². The third-order valence-corrected chi connectivity index (χ3v) is 4.79. The molecule has 4 rings (SSSR count). The highest BCUT2D eigenvalue weighted by Gasteiger charge is 2.32. The van der Waals surface area contributed by atoms with E-state index in [-0.39, 0.29) is 12.0 Å². The average Bonchev–Trinajstić information content (AvgIpc) is 3.21. The molecule has 0 spiro atoms. The number of aliphatic hydroxyl groups is 1. The molecule has 1 aromatic carbocycles. The van der Waals surface area contributed by atoms with Gasteiger partial charge < -0.3 is 9.63 Å². The summed E-state index contributed by atoms with van der Waals surface area (Å²) in [5.74, 6) is 1.52. The minimum absolute atomic E-state index is 0.169. The van der Waals surface area contributed by atoms with Crippen molar-refractivity contribution in [1.82, 2.24) is 20.0 Å². The quantitative estimate of drug-likeness (QED) is 0.769. The van der Waals surface area contributed by atoms with Crippen LogP contribution in [-0.4, -0.2) is 44.3 Å². The van der Waals surface area contributed by atoms with Gasteiger partial charge in [0.05, 0.1) is 18.2 Å². The normalized spacial score (nSPS) is 21.2. The summed E-state index contributed by atoms with van der Waals surface area (Å²) >= 11 is 0. The Balaban J connectivity index is 1.42. The molecule has 130 valence electrons. The monoisotopic (exact) mass is 338 g/mol. The van der Waals surface area contributed by atoms with Gasteiger partial charge in [0.2, 0.25) is 5.89 Å². The van der Waals surface area contributed by atoms with Crippen molar-refractivity contribution in [3.63, 3.8) is 0 Å². The number of aryl methyl sites for hydroxylation is 1. The summed E-state index contributed by atoms with van der Waals surface area (Å²) in [5.41, 5.74) is 2.03. The summed E-state index contributed by atoms with van der Waals surface area (Å²) in [6.45, 7) is 4.02. The van der Waals surface area contributed by atoms with E-state index in [9.17, 15) is 5.11 Å². The topological polar surface area (TPSA) is 75.3 Å². The summed E-state index contributed by atoms with van der Waals surface area (Å²) in [5, 5.41) is 15.5. The summed E-state index contributed by atoms with van der Waals surface area (Å²) in [6.07, 6.45) is 1.18. The van der Waals surface area contributed by atoms with Crippen molar-refractivity contribution >= 4 is 10.9 Å². The lowest BCUT2D eigenvalue weighted by Crippen LogP contribution is -2.21. The standard InChI is InChI=1S/C19H22N4O2/c1-2-18-21-19(25-22-18)12-23-10-14(17(24)11-23)9-15-8-7-13-5-3-4-6-16(13)20-15/h3-8,14,17,24H,2,9-12H2,1H3/t14-,17-/m1/s1. The smallest absolute Gasteiger partial charge is 0.240 e. The Kier molecular flexibility index (Phi) is 4.46. The molecule has 0 aliphatic carbocycles. The summed E-state index contributed by atoms with van der Waals surface area (Å²) in [7, 11) is 0. The first-order valence-corrected chi connectivity index (χ1v) is 8.78. The molecule has 1 aliphatic heterocycles. The molecular weight excluding hydrogens is 316 g/mol. The van der Waals surface area contributed by atoms with E-state index in [4.69, 9.17) is 9.51 Å². The zero-order chi connectivity index (χ0) is 17.2. The average molecular weight is 338 g/mol. The van der Waals surface area contributed by atoms with Gasteiger partial charge in [-0.2, -0.15) is 4.98 Å². The van der Waals surface area contributed by atoms with Crippen molar-refractivity contribution < 1.29 is 9.63 Å². The van der Waals surface area contributed by atoms with Crippen molar-refractivity contribution in [3.8, 4) is 0 Å². The van der Waals surface area contributed by atoms with E-state index in [1.807, 2.05) is 25.1 Å². The molecule has 6 nitrogen and oxygen atoms in total. The lowest BCUT2D eigenvalue weighted by atomic mass is 9.99. The Hall–Kier alpha value is -2.31. The fraction of sp³-hybridized carbons (Fsp3) is 0.421. The summed E-state index contributed by atoms with van der Waals surface area (Å²) in [6, 6.07) is 12.3. The number of hydrogen-bond acceptors (Lipinski definition) is 6. The predicted octanol–water partition coefficient (Wildman–Crippen LogP) is 2.22. The number of hydrogen-bond donors (Lipinski definition) is 1. The summed E-state index contributed by atoms with van der Waals surface area (Å²) in [4.78, 5) is 11.2. The molecule has 1 N–H and O–H groups in total. The van der Waals surface area contributed by atoms with Crippen LogP contribution >= 0.6 is 0 Å². The molecule has 3 aromatic rings. The van der Waals surface area contributed by atoms with Gasteiger partial charge in [0, 0.05) is 36.5 Å². The van der Waals surface area contributed by atoms with Gasteiger partial charge in [-0.25, -0.2) is 0 Å². The van der Waals surface area contributed by atoms with Crippen LogP contribution in [0.5, 0.6) is 0 Å². The molecule has 0 radical (unpaired) electrons. The number of aromatic nitrogens is 3. The number of para-hydroxylation sites is 1. The van der Waals surface area contributed by atoms with E-state index >= 15 is 0 Å². The molecule has 0 saturated carbocycles. The molecule has 0 bridgehead atoms. The van der Waals surface area contributed by atoms with Gasteiger partial charge in [-0.15, -0.1) is 0 Å². The zero-order valence-corrected chi connectivity index (χ0v) is 14.3. The minimum Gasteiger partial charge on any atom is -0.391 e. The highest BCUT2D eigenvalue weighted by molar-refractivity contribution is 5.78. The SMILES string of the molecule is CCc1noc(CN2C[C@@H](Cc3ccc4ccccc4n3)[C@H](O)C2)n1. The van der Waals surface area contributed by atoms with E-state index in [0.717, 1.165) is 41.8 Å². The van der Waals surface area contributed by atoms with Gasteiger partial charge in [-0.3, -0.25) is 9.88 Å². The first kappa shape index (κ1) is 16.2. The maximum absolute atomic E-state index is 10.4. The molecule has 0 amide bonds. The molecule has 0 unspecified atom stereocenters. The second-order valence-electron chi connectivity index (χ2n) is 6.68. The van der Waals surface area contributed by atoms with E-state index in [0.29, 0.717) is 19.0 Å². The van der Waals surface area contributed by atoms with Crippen molar-refractivity contribution in [3.05, 3.63) is 53.8 Å². The predicted molar refractivity (Wildman–Crippen MR) is 93.9 cm³/mol. The number of pyridine rings is 1. The number of β-amino-alcohol motifs (C(OH)–C–C–N with tert-alkyl or cyclic N) is 1. The number of fused-ring (bicyclic) bond motifs is 1. The Labute approximate surface area is 146 Å². The van der Waals surface area contributed by atoms with Crippen LogP contribution in [0.15, 0.2) is 40.9 Å². The molecule has 2 atom stereocenters. The highest BCUT2D eigenvalue weighted by Crippen LogP contribution is 2.23. The van der Waals surface area contributed by atoms with E-state index in [2.05, 4.69) is 33.2 Å². The molecule has 6 heteroatoms. The zero-order valence-electron chi connectivity index (χ0n) is 14.3. The van der Waals surface area contributed by atoms with Crippen LogP contribution in [0.3, 0.4) is 0 Å². The van der Waals surface area contributed by atoms with Gasteiger partial charge in [0.25, 0.3) is 0 Å². The molecule has 1 saturated heterocycles. The van der Waals surface area contributed by atoms with Gasteiger partial charge in [0.15, 0.2) is 5.82 Å². The second-order valence-corrected chi connectivity index (χ2v) is 6.68. The van der Waals surface area contributed by atoms with E-state index < -0.39 is 0 Å². The molecule has 1 aliphatic rings. The van der Waals surface area contributed by atoms with Gasteiger partial charge in [-0.05, 0) is 18.6 Å².